The number of methoxy groups -OCH3 is 3. The summed E-state index contributed by atoms with van der Waals surface area (Å²) in [5.74, 6) is -1.10. The van der Waals surface area contributed by atoms with Crippen LogP contribution in [0.1, 0.15) is 16.7 Å². The highest BCUT2D eigenvalue weighted by Crippen LogP contribution is 2.30. The lowest BCUT2D eigenvalue weighted by Gasteiger charge is -2.30. The van der Waals surface area contributed by atoms with Crippen LogP contribution in [0, 0.1) is 13.8 Å². The van der Waals surface area contributed by atoms with E-state index >= 15 is 0 Å². The highest BCUT2D eigenvalue weighted by atomic mass is 16.9. The first-order valence-electron chi connectivity index (χ1n) is 4.83. The third-order valence-electron chi connectivity index (χ3n) is 2.74. The molecule has 0 saturated carbocycles. The second kappa shape index (κ2) is 4.75. The van der Waals surface area contributed by atoms with Gasteiger partial charge >= 0.3 is 5.97 Å². The number of benzene rings is 1. The van der Waals surface area contributed by atoms with Gasteiger partial charge in [-0.2, -0.15) is 0 Å². The predicted molar refractivity (Wildman–Crippen MR) is 58.6 cm³/mol. The molecule has 3 nitrogen and oxygen atoms in total. The molecule has 3 heteroatoms. The Morgan fingerprint density at radius 1 is 0.933 bits per heavy atom. The Kier molecular flexibility index (Phi) is 3.85. The molecule has 0 radical (unpaired) electrons. The maximum absolute atomic E-state index is 5.31. The van der Waals surface area contributed by atoms with Crippen LogP contribution in [0.25, 0.3) is 0 Å². The van der Waals surface area contributed by atoms with Crippen molar-refractivity contribution < 1.29 is 14.2 Å². The van der Waals surface area contributed by atoms with Crippen LogP contribution in [0.15, 0.2) is 18.2 Å². The lowest BCUT2D eigenvalue weighted by Crippen LogP contribution is -2.33. The predicted octanol–water partition coefficient (Wildman–Crippen LogP) is 2.35. The van der Waals surface area contributed by atoms with E-state index in [1.807, 2.05) is 32.0 Å². The Hall–Kier alpha value is -0.900. The third-order valence-corrected chi connectivity index (χ3v) is 2.74. The van der Waals surface area contributed by atoms with Crippen LogP contribution in [0.5, 0.6) is 0 Å². The second-order valence-electron chi connectivity index (χ2n) is 3.42. The zero-order valence-electron chi connectivity index (χ0n) is 9.96. The van der Waals surface area contributed by atoms with Crippen LogP contribution in [-0.2, 0) is 20.2 Å². The summed E-state index contributed by atoms with van der Waals surface area (Å²) < 4.78 is 15.9. The Balaban J connectivity index is 3.28. The first-order chi connectivity index (χ1) is 7.11. The molecule has 1 aromatic carbocycles. The quantitative estimate of drug-likeness (QED) is 0.714. The summed E-state index contributed by atoms with van der Waals surface area (Å²) in [6.45, 7) is 4.07. The van der Waals surface area contributed by atoms with Crippen molar-refractivity contribution in [2.45, 2.75) is 19.8 Å². The molecule has 0 saturated heterocycles. The van der Waals surface area contributed by atoms with E-state index in [4.69, 9.17) is 14.2 Å². The van der Waals surface area contributed by atoms with E-state index in [1.165, 1.54) is 5.56 Å². The summed E-state index contributed by atoms with van der Waals surface area (Å²) >= 11 is 0. The molecule has 0 amide bonds. The molecular formula is C12H18O3. The van der Waals surface area contributed by atoms with E-state index < -0.39 is 5.97 Å². The Morgan fingerprint density at radius 2 is 1.47 bits per heavy atom. The van der Waals surface area contributed by atoms with E-state index in [1.54, 1.807) is 21.3 Å². The first kappa shape index (κ1) is 12.2. The van der Waals surface area contributed by atoms with Gasteiger partial charge in [0.1, 0.15) is 0 Å². The van der Waals surface area contributed by atoms with Crippen LogP contribution in [0.3, 0.4) is 0 Å². The van der Waals surface area contributed by atoms with Crippen molar-refractivity contribution >= 4 is 0 Å². The lowest BCUT2D eigenvalue weighted by molar-refractivity contribution is -0.364. The van der Waals surface area contributed by atoms with Crippen LogP contribution in [-0.4, -0.2) is 21.3 Å². The number of rotatable bonds is 4. The molecule has 0 fully saturated rings. The van der Waals surface area contributed by atoms with Crippen LogP contribution < -0.4 is 0 Å². The molecule has 0 aliphatic heterocycles. The molecule has 0 aliphatic carbocycles. The van der Waals surface area contributed by atoms with Crippen molar-refractivity contribution in [3.05, 3.63) is 34.9 Å². The van der Waals surface area contributed by atoms with Crippen molar-refractivity contribution in [2.75, 3.05) is 21.3 Å². The molecule has 84 valence electrons. The zero-order chi connectivity index (χ0) is 11.5. The molecule has 0 atom stereocenters. The first-order valence-corrected chi connectivity index (χ1v) is 4.83. The van der Waals surface area contributed by atoms with Gasteiger partial charge < -0.3 is 14.2 Å². The van der Waals surface area contributed by atoms with Crippen molar-refractivity contribution in [3.63, 3.8) is 0 Å². The van der Waals surface area contributed by atoms with E-state index in [0.29, 0.717) is 0 Å². The van der Waals surface area contributed by atoms with Crippen LogP contribution in [0.2, 0.25) is 0 Å². The molecule has 0 aliphatic rings. The van der Waals surface area contributed by atoms with Gasteiger partial charge in [0, 0.05) is 26.9 Å². The average molecular weight is 210 g/mol. The van der Waals surface area contributed by atoms with Crippen LogP contribution in [0.4, 0.5) is 0 Å². The third kappa shape index (κ3) is 2.04. The summed E-state index contributed by atoms with van der Waals surface area (Å²) in [5.41, 5.74) is 3.20. The monoisotopic (exact) mass is 210 g/mol. The van der Waals surface area contributed by atoms with Crippen molar-refractivity contribution in [2.24, 2.45) is 0 Å². The number of aryl methyl sites for hydroxylation is 1. The Bertz CT molecular complexity index is 321. The summed E-state index contributed by atoms with van der Waals surface area (Å²) in [5, 5.41) is 0. The molecule has 1 rings (SSSR count). The molecule has 0 bridgehead atoms. The maximum Gasteiger partial charge on any atom is 0.311 e. The van der Waals surface area contributed by atoms with Gasteiger partial charge in [-0.25, -0.2) is 0 Å². The van der Waals surface area contributed by atoms with Gasteiger partial charge in [0.25, 0.3) is 0 Å². The number of hydrogen-bond acceptors (Lipinski definition) is 3. The highest BCUT2D eigenvalue weighted by Gasteiger charge is 2.34. The molecule has 0 heterocycles. The zero-order valence-corrected chi connectivity index (χ0v) is 9.96. The van der Waals surface area contributed by atoms with Gasteiger partial charge in [-0.3, -0.25) is 0 Å². The molecule has 0 unspecified atom stereocenters. The van der Waals surface area contributed by atoms with E-state index in [2.05, 4.69) is 0 Å². The van der Waals surface area contributed by atoms with Gasteiger partial charge in [0.2, 0.25) is 0 Å². The molecular weight excluding hydrogens is 192 g/mol. The molecule has 0 N–H and O–H groups in total. The fraction of sp³-hybridized carbons (Fsp3) is 0.500. The fourth-order valence-electron chi connectivity index (χ4n) is 1.66. The summed E-state index contributed by atoms with van der Waals surface area (Å²) in [6, 6.07) is 5.95. The van der Waals surface area contributed by atoms with Gasteiger partial charge in [-0.05, 0) is 25.0 Å². The summed E-state index contributed by atoms with van der Waals surface area (Å²) in [4.78, 5) is 0. The highest BCUT2D eigenvalue weighted by molar-refractivity contribution is 5.35. The van der Waals surface area contributed by atoms with Crippen molar-refractivity contribution in [1.82, 2.24) is 0 Å². The van der Waals surface area contributed by atoms with Gasteiger partial charge in [0.15, 0.2) is 0 Å². The number of hydrogen-bond donors (Lipinski definition) is 0. The smallest absolute Gasteiger partial charge is 0.311 e. The van der Waals surface area contributed by atoms with E-state index in [0.717, 1.165) is 11.1 Å². The molecule has 1 aromatic rings. The van der Waals surface area contributed by atoms with Gasteiger partial charge in [0.05, 0.1) is 0 Å². The SMILES string of the molecule is COC(OC)(OC)c1cccc(C)c1C. The minimum Gasteiger partial charge on any atom is -0.327 e. The summed E-state index contributed by atoms with van der Waals surface area (Å²) in [7, 11) is 4.69. The minimum atomic E-state index is -1.10. The normalized spacial score (nSPS) is 11.8. The van der Waals surface area contributed by atoms with E-state index in [9.17, 15) is 0 Å². The lowest BCUT2D eigenvalue weighted by atomic mass is 10.0. The largest absolute Gasteiger partial charge is 0.327 e. The van der Waals surface area contributed by atoms with E-state index in [-0.39, 0.29) is 0 Å². The van der Waals surface area contributed by atoms with Crippen molar-refractivity contribution in [1.29, 1.82) is 0 Å². The molecule has 15 heavy (non-hydrogen) atoms. The summed E-state index contributed by atoms with van der Waals surface area (Å²) in [6.07, 6.45) is 0. The molecule has 0 spiro atoms. The fourth-order valence-corrected chi connectivity index (χ4v) is 1.66. The standard InChI is InChI=1S/C12H18O3/c1-9-7-6-8-11(10(9)2)12(13-3,14-4)15-5/h6-8H,1-5H3. The van der Waals surface area contributed by atoms with Crippen LogP contribution >= 0.6 is 0 Å². The Labute approximate surface area is 91.0 Å². The number of ether oxygens (including phenoxy) is 3. The van der Waals surface area contributed by atoms with Crippen molar-refractivity contribution in [3.8, 4) is 0 Å². The second-order valence-corrected chi connectivity index (χ2v) is 3.42. The molecule has 0 aromatic heterocycles. The minimum absolute atomic E-state index is 0.898. The maximum atomic E-state index is 5.31. The average Bonchev–Trinajstić information content (AvgIpc) is 2.27. The van der Waals surface area contributed by atoms with Gasteiger partial charge in [-0.15, -0.1) is 0 Å². The van der Waals surface area contributed by atoms with Gasteiger partial charge in [-0.1, -0.05) is 18.2 Å². The Morgan fingerprint density at radius 3 is 1.93 bits per heavy atom. The topological polar surface area (TPSA) is 27.7 Å².